The SMILES string of the molecule is OCCC(CO)NC(c1ccccc1)(c1ccccc1)c1ccccc1. The van der Waals surface area contributed by atoms with E-state index in [-0.39, 0.29) is 19.3 Å². The Morgan fingerprint density at radius 1 is 0.654 bits per heavy atom. The largest absolute Gasteiger partial charge is 0.396 e. The van der Waals surface area contributed by atoms with E-state index in [0.29, 0.717) is 6.42 Å². The molecule has 3 rings (SSSR count). The predicted octanol–water partition coefficient (Wildman–Crippen LogP) is 3.31. The summed E-state index contributed by atoms with van der Waals surface area (Å²) in [5.74, 6) is 0. The van der Waals surface area contributed by atoms with Crippen LogP contribution in [0.25, 0.3) is 0 Å². The molecular formula is C23H25NO2. The Bertz CT molecular complexity index is 678. The van der Waals surface area contributed by atoms with Gasteiger partial charge >= 0.3 is 0 Å². The number of aliphatic hydroxyl groups excluding tert-OH is 2. The fourth-order valence-corrected chi connectivity index (χ4v) is 3.49. The van der Waals surface area contributed by atoms with E-state index >= 15 is 0 Å². The van der Waals surface area contributed by atoms with Crippen LogP contribution in [0, 0.1) is 0 Å². The summed E-state index contributed by atoms with van der Waals surface area (Å²) in [5, 5.41) is 23.0. The van der Waals surface area contributed by atoms with Crippen molar-refractivity contribution in [2.45, 2.75) is 18.0 Å². The molecular weight excluding hydrogens is 322 g/mol. The van der Waals surface area contributed by atoms with Crippen LogP contribution < -0.4 is 5.32 Å². The third-order valence-electron chi connectivity index (χ3n) is 4.74. The molecule has 1 atom stereocenters. The van der Waals surface area contributed by atoms with Gasteiger partial charge in [0.15, 0.2) is 0 Å². The molecule has 3 N–H and O–H groups in total. The first-order valence-electron chi connectivity index (χ1n) is 8.97. The van der Waals surface area contributed by atoms with Crippen LogP contribution in [0.15, 0.2) is 91.0 Å². The second-order valence-electron chi connectivity index (χ2n) is 6.38. The molecule has 0 aromatic heterocycles. The lowest BCUT2D eigenvalue weighted by Gasteiger charge is -2.40. The zero-order valence-electron chi connectivity index (χ0n) is 14.8. The summed E-state index contributed by atoms with van der Waals surface area (Å²) in [4.78, 5) is 0. The maximum Gasteiger partial charge on any atom is 0.0950 e. The van der Waals surface area contributed by atoms with Crippen LogP contribution >= 0.6 is 0 Å². The molecule has 0 heterocycles. The Labute approximate surface area is 155 Å². The topological polar surface area (TPSA) is 52.5 Å². The number of hydrogen-bond donors (Lipinski definition) is 3. The third-order valence-corrected chi connectivity index (χ3v) is 4.74. The van der Waals surface area contributed by atoms with Gasteiger partial charge in [0.05, 0.1) is 12.1 Å². The van der Waals surface area contributed by atoms with Gasteiger partial charge in [-0.2, -0.15) is 0 Å². The van der Waals surface area contributed by atoms with Gasteiger partial charge in [-0.05, 0) is 23.1 Å². The molecule has 3 nitrogen and oxygen atoms in total. The average molecular weight is 347 g/mol. The van der Waals surface area contributed by atoms with Crippen molar-refractivity contribution in [2.24, 2.45) is 0 Å². The van der Waals surface area contributed by atoms with E-state index in [1.54, 1.807) is 0 Å². The summed E-state index contributed by atoms with van der Waals surface area (Å²) in [6, 6.07) is 30.5. The minimum atomic E-state index is -0.619. The number of aliphatic hydroxyl groups is 2. The molecule has 0 fully saturated rings. The van der Waals surface area contributed by atoms with E-state index in [4.69, 9.17) is 0 Å². The van der Waals surface area contributed by atoms with Crippen molar-refractivity contribution in [3.63, 3.8) is 0 Å². The molecule has 3 heteroatoms. The second-order valence-corrected chi connectivity index (χ2v) is 6.38. The molecule has 0 amide bonds. The predicted molar refractivity (Wildman–Crippen MR) is 105 cm³/mol. The first-order chi connectivity index (χ1) is 12.8. The number of benzene rings is 3. The highest BCUT2D eigenvalue weighted by molar-refractivity contribution is 5.49. The van der Waals surface area contributed by atoms with Crippen molar-refractivity contribution >= 4 is 0 Å². The van der Waals surface area contributed by atoms with E-state index in [1.165, 1.54) is 0 Å². The number of nitrogens with one attached hydrogen (secondary N) is 1. The van der Waals surface area contributed by atoms with Crippen molar-refractivity contribution in [3.8, 4) is 0 Å². The lowest BCUT2D eigenvalue weighted by atomic mass is 9.76. The monoisotopic (exact) mass is 347 g/mol. The van der Waals surface area contributed by atoms with Crippen LogP contribution in [0.4, 0.5) is 0 Å². The Hall–Kier alpha value is -2.46. The molecule has 1 unspecified atom stereocenters. The van der Waals surface area contributed by atoms with Crippen molar-refractivity contribution in [1.29, 1.82) is 0 Å². The summed E-state index contributed by atoms with van der Waals surface area (Å²) < 4.78 is 0. The second kappa shape index (κ2) is 8.77. The fraction of sp³-hybridized carbons (Fsp3) is 0.217. The van der Waals surface area contributed by atoms with Gasteiger partial charge < -0.3 is 10.2 Å². The standard InChI is InChI=1S/C23H25NO2/c25-17-16-22(18-26)24-23(19-10-4-1-5-11-19,20-12-6-2-7-13-20)21-14-8-3-9-15-21/h1-15,22,24-26H,16-18H2. The van der Waals surface area contributed by atoms with Crippen molar-refractivity contribution in [3.05, 3.63) is 108 Å². The van der Waals surface area contributed by atoms with Crippen molar-refractivity contribution in [1.82, 2.24) is 5.32 Å². The van der Waals surface area contributed by atoms with Gasteiger partial charge in [0.25, 0.3) is 0 Å². The molecule has 0 aliphatic heterocycles. The lowest BCUT2D eigenvalue weighted by Crippen LogP contribution is -2.51. The molecule has 3 aromatic rings. The molecule has 3 aromatic carbocycles. The van der Waals surface area contributed by atoms with Crippen molar-refractivity contribution < 1.29 is 10.2 Å². The molecule has 0 aliphatic carbocycles. The van der Waals surface area contributed by atoms with E-state index in [2.05, 4.69) is 41.7 Å². The van der Waals surface area contributed by atoms with E-state index in [1.807, 2.05) is 54.6 Å². The average Bonchev–Trinajstić information content (AvgIpc) is 2.73. The molecule has 0 bridgehead atoms. The smallest absolute Gasteiger partial charge is 0.0950 e. The Balaban J connectivity index is 2.24. The summed E-state index contributed by atoms with van der Waals surface area (Å²) in [6.45, 7) is -0.0263. The van der Waals surface area contributed by atoms with Gasteiger partial charge in [-0.3, -0.25) is 5.32 Å². The van der Waals surface area contributed by atoms with Gasteiger partial charge in [-0.1, -0.05) is 91.0 Å². The third kappa shape index (κ3) is 3.70. The van der Waals surface area contributed by atoms with Gasteiger partial charge in [-0.15, -0.1) is 0 Å². The minimum absolute atomic E-state index is 0.0205. The molecule has 0 aliphatic rings. The molecule has 0 radical (unpaired) electrons. The highest BCUT2D eigenvalue weighted by Crippen LogP contribution is 2.37. The van der Waals surface area contributed by atoms with Gasteiger partial charge in [0.2, 0.25) is 0 Å². The van der Waals surface area contributed by atoms with Crippen molar-refractivity contribution in [2.75, 3.05) is 13.2 Å². The van der Waals surface area contributed by atoms with Crippen LogP contribution in [-0.4, -0.2) is 29.5 Å². The van der Waals surface area contributed by atoms with Crippen LogP contribution in [0.3, 0.4) is 0 Å². The van der Waals surface area contributed by atoms with Gasteiger partial charge in [0, 0.05) is 12.6 Å². The maximum absolute atomic E-state index is 9.89. The number of hydrogen-bond acceptors (Lipinski definition) is 3. The summed E-state index contributed by atoms with van der Waals surface area (Å²) in [6.07, 6.45) is 0.477. The summed E-state index contributed by atoms with van der Waals surface area (Å²) in [7, 11) is 0. The Kier molecular flexibility index (Phi) is 6.18. The van der Waals surface area contributed by atoms with E-state index in [0.717, 1.165) is 16.7 Å². The van der Waals surface area contributed by atoms with E-state index < -0.39 is 5.54 Å². The van der Waals surface area contributed by atoms with Crippen LogP contribution in [0.1, 0.15) is 23.1 Å². The fourth-order valence-electron chi connectivity index (χ4n) is 3.49. The molecule has 0 saturated carbocycles. The first kappa shape index (κ1) is 18.3. The zero-order chi connectivity index (χ0) is 18.2. The Morgan fingerprint density at radius 2 is 1.04 bits per heavy atom. The van der Waals surface area contributed by atoms with Crippen LogP contribution in [-0.2, 0) is 5.54 Å². The summed E-state index contributed by atoms with van der Waals surface area (Å²) in [5.41, 5.74) is 2.66. The Morgan fingerprint density at radius 3 is 1.35 bits per heavy atom. The lowest BCUT2D eigenvalue weighted by molar-refractivity contribution is 0.184. The normalized spacial score (nSPS) is 12.7. The molecule has 134 valence electrons. The first-order valence-corrected chi connectivity index (χ1v) is 8.97. The zero-order valence-corrected chi connectivity index (χ0v) is 14.8. The van der Waals surface area contributed by atoms with Crippen LogP contribution in [0.5, 0.6) is 0 Å². The highest BCUT2D eigenvalue weighted by atomic mass is 16.3. The quantitative estimate of drug-likeness (QED) is 0.548. The van der Waals surface area contributed by atoms with E-state index in [9.17, 15) is 10.2 Å². The minimum Gasteiger partial charge on any atom is -0.396 e. The van der Waals surface area contributed by atoms with Crippen LogP contribution in [0.2, 0.25) is 0 Å². The van der Waals surface area contributed by atoms with Gasteiger partial charge in [-0.25, -0.2) is 0 Å². The maximum atomic E-state index is 9.89. The summed E-state index contributed by atoms with van der Waals surface area (Å²) >= 11 is 0. The molecule has 26 heavy (non-hydrogen) atoms. The number of rotatable bonds is 8. The highest BCUT2D eigenvalue weighted by Gasteiger charge is 2.37. The molecule has 0 spiro atoms. The molecule has 0 saturated heterocycles. The van der Waals surface area contributed by atoms with Gasteiger partial charge in [0.1, 0.15) is 0 Å².